The first-order chi connectivity index (χ1) is 10.0. The third-order valence-corrected chi connectivity index (χ3v) is 3.97. The zero-order chi connectivity index (χ0) is 15.4. The van der Waals surface area contributed by atoms with Crippen LogP contribution in [0.1, 0.15) is 62.2 Å². The lowest BCUT2D eigenvalue weighted by Gasteiger charge is -2.13. The topological polar surface area (TPSA) is 38.0 Å². The minimum Gasteiger partial charge on any atom is -0.388 e. The number of benzene rings is 1. The fourth-order valence-corrected chi connectivity index (χ4v) is 2.54. The van der Waals surface area contributed by atoms with Gasteiger partial charge in [0, 0.05) is 18.7 Å². The number of hydrogen-bond acceptors (Lipinski definition) is 2. The van der Waals surface area contributed by atoms with Crippen molar-refractivity contribution in [3.8, 4) is 0 Å². The SMILES string of the molecule is CCc1cc(CC(O)c2ccc(C(C)C)cc2)n(CC)n1. The predicted octanol–water partition coefficient (Wildman–Crippen LogP) is 3.86. The summed E-state index contributed by atoms with van der Waals surface area (Å²) in [6, 6.07) is 10.4. The zero-order valence-electron chi connectivity index (χ0n) is 13.5. The largest absolute Gasteiger partial charge is 0.388 e. The van der Waals surface area contributed by atoms with E-state index in [-0.39, 0.29) is 0 Å². The van der Waals surface area contributed by atoms with Gasteiger partial charge in [-0.05, 0) is 36.5 Å². The summed E-state index contributed by atoms with van der Waals surface area (Å²) in [5, 5.41) is 15.0. The van der Waals surface area contributed by atoms with Crippen molar-refractivity contribution in [1.29, 1.82) is 0 Å². The molecule has 0 saturated carbocycles. The van der Waals surface area contributed by atoms with Crippen LogP contribution in [-0.4, -0.2) is 14.9 Å². The quantitative estimate of drug-likeness (QED) is 0.875. The molecule has 0 fully saturated rings. The first-order valence-corrected chi connectivity index (χ1v) is 7.88. The summed E-state index contributed by atoms with van der Waals surface area (Å²) in [7, 11) is 0. The molecule has 1 N–H and O–H groups in total. The van der Waals surface area contributed by atoms with Crippen LogP contribution in [0.15, 0.2) is 30.3 Å². The van der Waals surface area contributed by atoms with Gasteiger partial charge in [0.15, 0.2) is 0 Å². The van der Waals surface area contributed by atoms with Crippen molar-refractivity contribution in [2.24, 2.45) is 0 Å². The van der Waals surface area contributed by atoms with Crippen LogP contribution in [0.2, 0.25) is 0 Å². The van der Waals surface area contributed by atoms with Crippen LogP contribution in [0.3, 0.4) is 0 Å². The monoisotopic (exact) mass is 286 g/mol. The number of nitrogens with zero attached hydrogens (tertiary/aromatic N) is 2. The summed E-state index contributed by atoms with van der Waals surface area (Å²) in [5.41, 5.74) is 4.48. The molecule has 0 aliphatic heterocycles. The molecule has 0 spiro atoms. The maximum absolute atomic E-state index is 10.5. The Morgan fingerprint density at radius 1 is 1.10 bits per heavy atom. The highest BCUT2D eigenvalue weighted by Crippen LogP contribution is 2.22. The van der Waals surface area contributed by atoms with Gasteiger partial charge in [-0.2, -0.15) is 5.10 Å². The van der Waals surface area contributed by atoms with Gasteiger partial charge >= 0.3 is 0 Å². The molecule has 1 heterocycles. The van der Waals surface area contributed by atoms with Crippen LogP contribution in [-0.2, 0) is 19.4 Å². The number of rotatable bonds is 6. The van der Waals surface area contributed by atoms with E-state index in [1.54, 1.807) is 0 Å². The van der Waals surface area contributed by atoms with E-state index in [1.165, 1.54) is 5.56 Å². The van der Waals surface area contributed by atoms with E-state index < -0.39 is 6.10 Å². The highest BCUT2D eigenvalue weighted by molar-refractivity contribution is 5.27. The highest BCUT2D eigenvalue weighted by Gasteiger charge is 2.13. The molecule has 0 radical (unpaired) electrons. The molecule has 0 aliphatic carbocycles. The molecule has 0 amide bonds. The Hall–Kier alpha value is -1.61. The van der Waals surface area contributed by atoms with Gasteiger partial charge in [0.1, 0.15) is 0 Å². The average molecular weight is 286 g/mol. The lowest BCUT2D eigenvalue weighted by molar-refractivity contribution is 0.175. The van der Waals surface area contributed by atoms with Crippen molar-refractivity contribution in [3.63, 3.8) is 0 Å². The lowest BCUT2D eigenvalue weighted by Crippen LogP contribution is -2.08. The number of hydrogen-bond donors (Lipinski definition) is 1. The van der Waals surface area contributed by atoms with Crippen molar-refractivity contribution in [2.45, 2.75) is 59.1 Å². The van der Waals surface area contributed by atoms with Crippen molar-refractivity contribution in [3.05, 3.63) is 52.8 Å². The molecule has 1 atom stereocenters. The minimum absolute atomic E-state index is 0.474. The van der Waals surface area contributed by atoms with E-state index >= 15 is 0 Å². The number of aliphatic hydroxyl groups is 1. The van der Waals surface area contributed by atoms with E-state index in [1.807, 2.05) is 16.8 Å². The van der Waals surface area contributed by atoms with Gasteiger partial charge in [0.25, 0.3) is 0 Å². The molecule has 0 aliphatic rings. The van der Waals surface area contributed by atoms with Gasteiger partial charge < -0.3 is 5.11 Å². The summed E-state index contributed by atoms with van der Waals surface area (Å²) < 4.78 is 1.99. The van der Waals surface area contributed by atoms with Gasteiger partial charge in [0.2, 0.25) is 0 Å². The van der Waals surface area contributed by atoms with Gasteiger partial charge in [-0.25, -0.2) is 0 Å². The summed E-state index contributed by atoms with van der Waals surface area (Å²) in [6.07, 6.45) is 1.07. The molecule has 2 aromatic rings. The molecule has 0 bridgehead atoms. The Morgan fingerprint density at radius 3 is 2.24 bits per heavy atom. The summed E-state index contributed by atoms with van der Waals surface area (Å²) in [5.74, 6) is 0.518. The molecule has 114 valence electrons. The molecule has 1 aromatic heterocycles. The van der Waals surface area contributed by atoms with E-state index in [4.69, 9.17) is 0 Å². The molecule has 1 aromatic carbocycles. The fourth-order valence-electron chi connectivity index (χ4n) is 2.54. The Kier molecular flexibility index (Phi) is 5.18. The normalized spacial score (nSPS) is 12.9. The molecular formula is C18H26N2O. The van der Waals surface area contributed by atoms with Gasteiger partial charge in [0.05, 0.1) is 11.8 Å². The van der Waals surface area contributed by atoms with Crippen molar-refractivity contribution in [2.75, 3.05) is 0 Å². The second-order valence-electron chi connectivity index (χ2n) is 5.84. The number of aromatic nitrogens is 2. The molecule has 3 heteroatoms. The second-order valence-corrected chi connectivity index (χ2v) is 5.84. The Balaban J connectivity index is 2.13. The van der Waals surface area contributed by atoms with Crippen LogP contribution in [0.25, 0.3) is 0 Å². The molecule has 1 unspecified atom stereocenters. The Bertz CT molecular complexity index is 569. The first-order valence-electron chi connectivity index (χ1n) is 7.88. The Labute approximate surface area is 127 Å². The van der Waals surface area contributed by atoms with Gasteiger partial charge in [-0.15, -0.1) is 0 Å². The minimum atomic E-state index is -0.474. The predicted molar refractivity (Wildman–Crippen MR) is 86.5 cm³/mol. The number of aliphatic hydroxyl groups excluding tert-OH is 1. The maximum atomic E-state index is 10.5. The molecule has 0 saturated heterocycles. The van der Waals surface area contributed by atoms with Crippen molar-refractivity contribution < 1.29 is 5.11 Å². The fraction of sp³-hybridized carbons (Fsp3) is 0.500. The second kappa shape index (κ2) is 6.90. The molecular weight excluding hydrogens is 260 g/mol. The van der Waals surface area contributed by atoms with Crippen LogP contribution in [0.5, 0.6) is 0 Å². The van der Waals surface area contributed by atoms with Gasteiger partial charge in [-0.3, -0.25) is 4.68 Å². The van der Waals surface area contributed by atoms with E-state index in [0.717, 1.165) is 29.9 Å². The molecule has 21 heavy (non-hydrogen) atoms. The molecule has 3 nitrogen and oxygen atoms in total. The summed E-state index contributed by atoms with van der Waals surface area (Å²) in [4.78, 5) is 0. The highest BCUT2D eigenvalue weighted by atomic mass is 16.3. The smallest absolute Gasteiger partial charge is 0.0845 e. The number of aryl methyl sites for hydroxylation is 2. The van der Waals surface area contributed by atoms with E-state index in [2.05, 4.69) is 51.0 Å². The maximum Gasteiger partial charge on any atom is 0.0845 e. The summed E-state index contributed by atoms with van der Waals surface area (Å²) in [6.45, 7) is 9.39. The van der Waals surface area contributed by atoms with Crippen LogP contribution in [0.4, 0.5) is 0 Å². The standard InChI is InChI=1S/C18H26N2O/c1-5-16-11-17(20(6-2)19-16)12-18(21)15-9-7-14(8-10-15)13(3)4/h7-11,13,18,21H,5-6,12H2,1-4H3. The molecule has 2 rings (SSSR count). The van der Waals surface area contributed by atoms with Gasteiger partial charge in [-0.1, -0.05) is 45.0 Å². The van der Waals surface area contributed by atoms with Crippen LogP contribution in [0, 0.1) is 0 Å². The van der Waals surface area contributed by atoms with Crippen molar-refractivity contribution in [1.82, 2.24) is 9.78 Å². The Morgan fingerprint density at radius 2 is 1.71 bits per heavy atom. The van der Waals surface area contributed by atoms with Crippen molar-refractivity contribution >= 4 is 0 Å². The average Bonchev–Trinajstić information content (AvgIpc) is 2.89. The summed E-state index contributed by atoms with van der Waals surface area (Å²) >= 11 is 0. The van der Waals surface area contributed by atoms with E-state index in [9.17, 15) is 5.11 Å². The zero-order valence-corrected chi connectivity index (χ0v) is 13.5. The third-order valence-electron chi connectivity index (χ3n) is 3.97. The third kappa shape index (κ3) is 3.73. The van der Waals surface area contributed by atoms with Crippen LogP contribution >= 0.6 is 0 Å². The lowest BCUT2D eigenvalue weighted by atomic mass is 9.98. The van der Waals surface area contributed by atoms with E-state index in [0.29, 0.717) is 12.3 Å². The first kappa shape index (κ1) is 15.8. The van der Waals surface area contributed by atoms with Crippen LogP contribution < -0.4 is 0 Å².